The van der Waals surface area contributed by atoms with Crippen LogP contribution >= 0.6 is 0 Å². The third-order valence-corrected chi connectivity index (χ3v) is 12.3. The second kappa shape index (κ2) is 9.10. The van der Waals surface area contributed by atoms with E-state index in [0.717, 1.165) is 44.1 Å². The molecule has 7 rings (SSSR count). The van der Waals surface area contributed by atoms with Crippen molar-refractivity contribution >= 4 is 0 Å². The van der Waals surface area contributed by atoms with Gasteiger partial charge in [-0.05, 0) is 118 Å². The average molecular weight is 498 g/mol. The summed E-state index contributed by atoms with van der Waals surface area (Å²) in [6.45, 7) is 11.1. The maximum absolute atomic E-state index is 6.74. The van der Waals surface area contributed by atoms with Crippen LogP contribution in [0.25, 0.3) is 0 Å². The summed E-state index contributed by atoms with van der Waals surface area (Å²) in [6.07, 6.45) is 17.8. The fourth-order valence-electron chi connectivity index (χ4n) is 10.4. The number of likely N-dealkylation sites (tertiary alicyclic amines) is 1. The van der Waals surface area contributed by atoms with Crippen LogP contribution in [-0.4, -0.2) is 62.2 Å². The largest absolute Gasteiger partial charge is 0.472 e. The van der Waals surface area contributed by atoms with Crippen LogP contribution in [0.15, 0.2) is 23.0 Å². The molecule has 36 heavy (non-hydrogen) atoms. The molecular weight excluding hydrogens is 450 g/mol. The van der Waals surface area contributed by atoms with E-state index in [1.54, 1.807) is 0 Å². The lowest BCUT2D eigenvalue weighted by Crippen LogP contribution is -2.58. The van der Waals surface area contributed by atoms with Gasteiger partial charge in [-0.2, -0.15) is 0 Å². The van der Waals surface area contributed by atoms with E-state index in [4.69, 9.17) is 18.6 Å². The van der Waals surface area contributed by atoms with Gasteiger partial charge in [0.1, 0.15) is 5.60 Å². The summed E-state index contributed by atoms with van der Waals surface area (Å²) in [5.74, 6) is 2.95. The van der Waals surface area contributed by atoms with Gasteiger partial charge >= 0.3 is 0 Å². The number of furan rings is 1. The zero-order chi connectivity index (χ0) is 24.4. The van der Waals surface area contributed by atoms with E-state index in [1.165, 1.54) is 82.9 Å². The van der Waals surface area contributed by atoms with Crippen LogP contribution in [0.5, 0.6) is 0 Å². The molecule has 200 valence electrons. The summed E-state index contributed by atoms with van der Waals surface area (Å²) in [4.78, 5) is 2.52. The lowest BCUT2D eigenvalue weighted by atomic mass is 9.44. The van der Waals surface area contributed by atoms with Crippen LogP contribution in [0, 0.1) is 28.6 Å². The van der Waals surface area contributed by atoms with Gasteiger partial charge in [-0.15, -0.1) is 0 Å². The molecule has 0 unspecified atom stereocenters. The topological polar surface area (TPSA) is 47.4 Å². The molecule has 1 spiro atoms. The Bertz CT molecular complexity index is 914. The first kappa shape index (κ1) is 24.2. The van der Waals surface area contributed by atoms with E-state index in [0.29, 0.717) is 23.5 Å². The number of nitrogens with zero attached hydrogens (tertiary/aromatic N) is 1. The smallest absolute Gasteiger partial charge is 0.104 e. The molecule has 0 bridgehead atoms. The molecule has 2 aliphatic heterocycles. The molecule has 0 amide bonds. The molecule has 2 saturated heterocycles. The zero-order valence-electron chi connectivity index (χ0n) is 22.6. The maximum Gasteiger partial charge on any atom is 0.104 e. The minimum Gasteiger partial charge on any atom is -0.472 e. The number of hydrogen-bond donors (Lipinski definition) is 0. The van der Waals surface area contributed by atoms with E-state index in [2.05, 4.69) is 24.8 Å². The molecule has 5 nitrogen and oxygen atoms in total. The van der Waals surface area contributed by atoms with E-state index in [-0.39, 0.29) is 11.0 Å². The first-order chi connectivity index (χ1) is 17.5. The van der Waals surface area contributed by atoms with Gasteiger partial charge in [0.15, 0.2) is 0 Å². The van der Waals surface area contributed by atoms with Crippen LogP contribution in [0.4, 0.5) is 0 Å². The first-order valence-corrected chi connectivity index (χ1v) is 15.2. The number of epoxide rings is 1. The van der Waals surface area contributed by atoms with E-state index < -0.39 is 0 Å². The Morgan fingerprint density at radius 1 is 0.972 bits per heavy atom. The van der Waals surface area contributed by atoms with Crippen molar-refractivity contribution in [2.45, 2.75) is 102 Å². The molecule has 0 N–H and O–H groups in total. The van der Waals surface area contributed by atoms with E-state index in [1.807, 2.05) is 12.5 Å². The molecule has 4 saturated carbocycles. The molecule has 5 heteroatoms. The van der Waals surface area contributed by atoms with Crippen molar-refractivity contribution in [1.82, 2.24) is 4.90 Å². The lowest BCUT2D eigenvalue weighted by Gasteiger charge is -2.61. The standard InChI is InChI=1S/C31H47NO4/c1-29-10-7-24(35-18-17-33-16-14-32-12-3-4-13-32)19-23(29)5-6-26-25(29)8-11-30(2)27(22-9-15-34-21-22)20-28-31(26,30)36-28/h9,15,21,23-28H,3-8,10-14,16-20H2,1-2H3/t23-,24-,25-,26+,27+,28+,29-,30+,31+/m0/s1. The van der Waals surface area contributed by atoms with Crippen molar-refractivity contribution in [3.8, 4) is 0 Å². The van der Waals surface area contributed by atoms with Gasteiger partial charge in [-0.25, -0.2) is 0 Å². The summed E-state index contributed by atoms with van der Waals surface area (Å²) < 4.78 is 24.5. The third-order valence-electron chi connectivity index (χ3n) is 12.3. The molecule has 3 heterocycles. The van der Waals surface area contributed by atoms with Crippen molar-refractivity contribution in [1.29, 1.82) is 0 Å². The highest BCUT2D eigenvalue weighted by molar-refractivity contribution is 5.35. The molecule has 1 aromatic heterocycles. The maximum atomic E-state index is 6.74. The molecular formula is C31H47NO4. The highest BCUT2D eigenvalue weighted by Crippen LogP contribution is 2.78. The summed E-state index contributed by atoms with van der Waals surface area (Å²) in [7, 11) is 0. The Morgan fingerprint density at radius 3 is 2.69 bits per heavy atom. The Morgan fingerprint density at radius 2 is 1.86 bits per heavy atom. The number of fused-ring (bicyclic) bond motifs is 3. The van der Waals surface area contributed by atoms with Crippen LogP contribution in [-0.2, 0) is 14.2 Å². The van der Waals surface area contributed by atoms with Crippen molar-refractivity contribution in [3.63, 3.8) is 0 Å². The Labute approximate surface area is 217 Å². The number of hydrogen-bond acceptors (Lipinski definition) is 5. The predicted octanol–water partition coefficient (Wildman–Crippen LogP) is 6.03. The van der Waals surface area contributed by atoms with Crippen molar-refractivity contribution < 1.29 is 18.6 Å². The number of rotatable bonds is 8. The predicted molar refractivity (Wildman–Crippen MR) is 139 cm³/mol. The monoisotopic (exact) mass is 497 g/mol. The van der Waals surface area contributed by atoms with Crippen LogP contribution in [0.3, 0.4) is 0 Å². The van der Waals surface area contributed by atoms with Gasteiger partial charge in [0.25, 0.3) is 0 Å². The van der Waals surface area contributed by atoms with Gasteiger partial charge in [-0.1, -0.05) is 13.8 Å². The highest BCUT2D eigenvalue weighted by Gasteiger charge is 2.80. The summed E-state index contributed by atoms with van der Waals surface area (Å²) in [5, 5.41) is 0. The minimum absolute atomic E-state index is 0.131. The molecule has 1 aromatic rings. The van der Waals surface area contributed by atoms with Crippen molar-refractivity contribution in [3.05, 3.63) is 24.2 Å². The van der Waals surface area contributed by atoms with Gasteiger partial charge < -0.3 is 23.5 Å². The molecule has 4 aliphatic carbocycles. The Hall–Kier alpha value is -0.880. The fraction of sp³-hybridized carbons (Fsp3) is 0.871. The molecule has 9 atom stereocenters. The van der Waals surface area contributed by atoms with Gasteiger partial charge in [-0.3, -0.25) is 0 Å². The second-order valence-electron chi connectivity index (χ2n) is 13.6. The average Bonchev–Trinajstić information content (AvgIpc) is 3.29. The Kier molecular flexibility index (Phi) is 6.11. The zero-order valence-corrected chi connectivity index (χ0v) is 22.6. The summed E-state index contributed by atoms with van der Waals surface area (Å²) in [6, 6.07) is 2.21. The molecule has 6 aliphatic rings. The van der Waals surface area contributed by atoms with Crippen molar-refractivity contribution in [2.24, 2.45) is 28.6 Å². The normalized spacial score (nSPS) is 47.7. The van der Waals surface area contributed by atoms with Gasteiger partial charge in [0, 0.05) is 12.0 Å². The molecule has 0 radical (unpaired) electrons. The molecule has 6 fully saturated rings. The number of ether oxygens (including phenoxy) is 3. The minimum atomic E-state index is 0.131. The highest BCUT2D eigenvalue weighted by atomic mass is 16.6. The van der Waals surface area contributed by atoms with E-state index >= 15 is 0 Å². The third kappa shape index (κ3) is 3.62. The van der Waals surface area contributed by atoms with Crippen LogP contribution in [0.1, 0.15) is 89.5 Å². The van der Waals surface area contributed by atoms with Crippen LogP contribution < -0.4 is 0 Å². The lowest BCUT2D eigenvalue weighted by molar-refractivity contribution is -0.147. The van der Waals surface area contributed by atoms with Gasteiger partial charge in [0.05, 0.1) is 44.6 Å². The van der Waals surface area contributed by atoms with Crippen molar-refractivity contribution in [2.75, 3.05) is 39.5 Å². The molecule has 0 aromatic carbocycles. The fourth-order valence-corrected chi connectivity index (χ4v) is 10.4. The Balaban J connectivity index is 0.947. The first-order valence-electron chi connectivity index (χ1n) is 15.2. The quantitative estimate of drug-likeness (QED) is 0.324. The van der Waals surface area contributed by atoms with E-state index in [9.17, 15) is 0 Å². The second-order valence-corrected chi connectivity index (χ2v) is 13.6. The SMILES string of the molecule is C[C@]12CC[C@H](OCCOCCN3CCCC3)C[C@@H]1CC[C@@H]1[C@@H]2CC[C@]2(C)[C@@H](c3ccoc3)C[C@H]3O[C@]132. The summed E-state index contributed by atoms with van der Waals surface area (Å²) >= 11 is 0. The van der Waals surface area contributed by atoms with Gasteiger partial charge in [0.2, 0.25) is 0 Å². The summed E-state index contributed by atoms with van der Waals surface area (Å²) in [5.41, 5.74) is 2.26. The van der Waals surface area contributed by atoms with Crippen LogP contribution in [0.2, 0.25) is 0 Å².